The molecule has 2 amide bonds. The predicted molar refractivity (Wildman–Crippen MR) is 88.8 cm³/mol. The monoisotopic (exact) mass is 337 g/mol. The highest BCUT2D eigenvalue weighted by Gasteiger charge is 2.13. The third-order valence-corrected chi connectivity index (χ3v) is 3.57. The molecule has 3 N–H and O–H groups in total. The first-order valence-electron chi connectivity index (χ1n) is 7.51. The van der Waals surface area contributed by atoms with Crippen LogP contribution in [0.1, 0.15) is 26.4 Å². The van der Waals surface area contributed by atoms with E-state index < -0.39 is 5.91 Å². The third-order valence-electron chi connectivity index (χ3n) is 3.57. The molecule has 1 aromatic heterocycles. The van der Waals surface area contributed by atoms with Crippen LogP contribution in [0.25, 0.3) is 11.3 Å². The Morgan fingerprint density at radius 1 is 1.00 bits per heavy atom. The molecule has 2 aromatic carbocycles. The average molecular weight is 337 g/mol. The Bertz CT molecular complexity index is 873. The molecule has 0 aliphatic rings. The van der Waals surface area contributed by atoms with Gasteiger partial charge in [-0.15, -0.1) is 0 Å². The Balaban J connectivity index is 1.61. The molecule has 0 saturated heterocycles. The highest BCUT2D eigenvalue weighted by molar-refractivity contribution is 5.94. The van der Waals surface area contributed by atoms with E-state index in [1.807, 2.05) is 30.3 Å². The van der Waals surface area contributed by atoms with Gasteiger partial charge in [0.05, 0.1) is 0 Å². The molecule has 3 aromatic rings. The maximum absolute atomic E-state index is 12.2. The smallest absolute Gasteiger partial charge is 0.274 e. The molecule has 0 unspecified atom stereocenters. The minimum absolute atomic E-state index is 0.190. The molecule has 0 fully saturated rings. The Labute approximate surface area is 143 Å². The zero-order valence-corrected chi connectivity index (χ0v) is 13.1. The second-order valence-corrected chi connectivity index (χ2v) is 5.26. The van der Waals surface area contributed by atoms with Crippen molar-refractivity contribution in [3.8, 4) is 11.3 Å². The van der Waals surface area contributed by atoms with E-state index in [2.05, 4.69) is 10.5 Å². The molecule has 0 atom stereocenters. The van der Waals surface area contributed by atoms with Gasteiger partial charge in [-0.1, -0.05) is 47.6 Å². The van der Waals surface area contributed by atoms with Crippen LogP contribution in [0.15, 0.2) is 65.2 Å². The number of aromatic nitrogens is 1. The normalized spacial score (nSPS) is 10.3. The van der Waals surface area contributed by atoms with Crippen LogP contribution in [0.3, 0.4) is 0 Å². The average Bonchev–Trinajstić information content (AvgIpc) is 3.17. The maximum Gasteiger partial charge on any atom is 0.274 e. The molecule has 0 radical (unpaired) electrons. The summed E-state index contributed by atoms with van der Waals surface area (Å²) in [5.41, 5.74) is 3.71. The van der Waals surface area contributed by atoms with Crippen molar-refractivity contribution >= 4 is 11.8 Å². The lowest BCUT2D eigenvalue weighted by molar-refractivity contribution is 0.0706. The van der Waals surface area contributed by atoms with Crippen LogP contribution in [-0.4, -0.2) is 22.2 Å². The number of hydrogen-bond donors (Lipinski definition) is 3. The van der Waals surface area contributed by atoms with E-state index >= 15 is 0 Å². The summed E-state index contributed by atoms with van der Waals surface area (Å²) in [5, 5.41) is 15.1. The summed E-state index contributed by atoms with van der Waals surface area (Å²) < 4.78 is 5.20. The molecule has 126 valence electrons. The summed E-state index contributed by atoms with van der Waals surface area (Å²) in [6.07, 6.45) is 0. The number of amides is 2. The Kier molecular flexibility index (Phi) is 4.87. The highest BCUT2D eigenvalue weighted by Crippen LogP contribution is 2.19. The fraction of sp³-hybridized carbons (Fsp3) is 0.0556. The first kappa shape index (κ1) is 16.4. The van der Waals surface area contributed by atoms with E-state index in [-0.39, 0.29) is 18.1 Å². The lowest BCUT2D eigenvalue weighted by atomic mass is 10.1. The summed E-state index contributed by atoms with van der Waals surface area (Å²) in [6.45, 7) is 0.271. The van der Waals surface area contributed by atoms with Gasteiger partial charge in [0.15, 0.2) is 11.5 Å². The van der Waals surface area contributed by atoms with Crippen molar-refractivity contribution in [2.45, 2.75) is 6.54 Å². The van der Waals surface area contributed by atoms with Crippen LogP contribution in [-0.2, 0) is 6.54 Å². The van der Waals surface area contributed by atoms with Crippen LogP contribution in [0.5, 0.6) is 0 Å². The quantitative estimate of drug-likeness (QED) is 0.490. The van der Waals surface area contributed by atoms with Gasteiger partial charge in [0, 0.05) is 23.7 Å². The Morgan fingerprint density at radius 3 is 2.40 bits per heavy atom. The number of nitrogens with one attached hydrogen (secondary N) is 2. The number of hydrogen-bond acceptors (Lipinski definition) is 5. The van der Waals surface area contributed by atoms with Crippen molar-refractivity contribution in [1.82, 2.24) is 16.0 Å². The van der Waals surface area contributed by atoms with Gasteiger partial charge in [-0.25, -0.2) is 5.48 Å². The van der Waals surface area contributed by atoms with Crippen molar-refractivity contribution in [2.75, 3.05) is 0 Å². The fourth-order valence-corrected chi connectivity index (χ4v) is 2.23. The summed E-state index contributed by atoms with van der Waals surface area (Å²) in [6, 6.07) is 17.4. The van der Waals surface area contributed by atoms with Crippen LogP contribution in [0.4, 0.5) is 0 Å². The van der Waals surface area contributed by atoms with Crippen molar-refractivity contribution in [3.63, 3.8) is 0 Å². The molecular formula is C18H15N3O4. The van der Waals surface area contributed by atoms with E-state index in [4.69, 9.17) is 9.73 Å². The minimum Gasteiger partial charge on any atom is -0.355 e. The molecule has 7 heteroatoms. The molecule has 0 saturated carbocycles. The first-order valence-corrected chi connectivity index (χ1v) is 7.51. The second-order valence-electron chi connectivity index (χ2n) is 5.26. The van der Waals surface area contributed by atoms with Gasteiger partial charge in [-0.05, 0) is 17.7 Å². The zero-order chi connectivity index (χ0) is 17.6. The largest absolute Gasteiger partial charge is 0.355 e. The molecule has 3 rings (SSSR count). The third kappa shape index (κ3) is 3.91. The van der Waals surface area contributed by atoms with Gasteiger partial charge in [-0.2, -0.15) is 0 Å². The van der Waals surface area contributed by atoms with Gasteiger partial charge < -0.3 is 9.84 Å². The van der Waals surface area contributed by atoms with Gasteiger partial charge in [-0.3, -0.25) is 14.8 Å². The fourth-order valence-electron chi connectivity index (χ4n) is 2.23. The van der Waals surface area contributed by atoms with Crippen LogP contribution < -0.4 is 10.8 Å². The zero-order valence-electron chi connectivity index (χ0n) is 13.1. The van der Waals surface area contributed by atoms with E-state index in [1.54, 1.807) is 35.8 Å². The molecule has 0 aliphatic heterocycles. The number of nitrogens with zero attached hydrogens (tertiary/aromatic N) is 1. The summed E-state index contributed by atoms with van der Waals surface area (Å²) in [4.78, 5) is 23.4. The molecule has 7 nitrogen and oxygen atoms in total. The highest BCUT2D eigenvalue weighted by atomic mass is 16.5. The number of benzene rings is 2. The molecule has 25 heavy (non-hydrogen) atoms. The number of rotatable bonds is 5. The number of carbonyl (C=O) groups is 2. The maximum atomic E-state index is 12.2. The van der Waals surface area contributed by atoms with Crippen molar-refractivity contribution in [2.24, 2.45) is 0 Å². The van der Waals surface area contributed by atoms with E-state index in [9.17, 15) is 9.59 Å². The molecule has 0 spiro atoms. The van der Waals surface area contributed by atoms with Crippen LogP contribution >= 0.6 is 0 Å². The molecule has 1 heterocycles. The Morgan fingerprint density at radius 2 is 1.72 bits per heavy atom. The molecule has 0 aliphatic carbocycles. The van der Waals surface area contributed by atoms with Crippen LogP contribution in [0.2, 0.25) is 0 Å². The predicted octanol–water partition coefficient (Wildman–Crippen LogP) is 2.39. The SMILES string of the molecule is O=C(NO)c1ccc(CNC(=O)c2cc(-c3ccccc3)on2)cc1. The summed E-state index contributed by atoms with van der Waals surface area (Å²) in [7, 11) is 0. The van der Waals surface area contributed by atoms with E-state index in [1.165, 1.54) is 0 Å². The lowest BCUT2D eigenvalue weighted by Crippen LogP contribution is -2.23. The summed E-state index contributed by atoms with van der Waals surface area (Å²) in [5.74, 6) is -0.431. The molecular weight excluding hydrogens is 322 g/mol. The van der Waals surface area contributed by atoms with Gasteiger partial charge >= 0.3 is 0 Å². The van der Waals surface area contributed by atoms with E-state index in [0.29, 0.717) is 11.3 Å². The standard InChI is InChI=1S/C18H15N3O4/c22-17(20-24)14-8-6-12(7-9-14)11-19-18(23)15-10-16(25-21-15)13-4-2-1-3-5-13/h1-10,24H,11H2,(H,19,23)(H,20,22). The van der Waals surface area contributed by atoms with Crippen molar-refractivity contribution < 1.29 is 19.3 Å². The van der Waals surface area contributed by atoms with Crippen molar-refractivity contribution in [1.29, 1.82) is 0 Å². The van der Waals surface area contributed by atoms with Gasteiger partial charge in [0.25, 0.3) is 11.8 Å². The van der Waals surface area contributed by atoms with E-state index in [0.717, 1.165) is 11.1 Å². The van der Waals surface area contributed by atoms with Crippen molar-refractivity contribution in [3.05, 3.63) is 77.5 Å². The van der Waals surface area contributed by atoms with Gasteiger partial charge in [0.2, 0.25) is 0 Å². The number of carbonyl (C=O) groups excluding carboxylic acids is 2. The first-order chi connectivity index (χ1) is 12.2. The van der Waals surface area contributed by atoms with Gasteiger partial charge in [0.1, 0.15) is 0 Å². The second kappa shape index (κ2) is 7.41. The van der Waals surface area contributed by atoms with Crippen LogP contribution in [0, 0.1) is 0 Å². The molecule has 0 bridgehead atoms. The minimum atomic E-state index is -0.591. The summed E-state index contributed by atoms with van der Waals surface area (Å²) >= 11 is 0. The lowest BCUT2D eigenvalue weighted by Gasteiger charge is -2.04. The Hall–Kier alpha value is -3.45. The topological polar surface area (TPSA) is 104 Å². The number of hydroxylamine groups is 1.